The zero-order valence-corrected chi connectivity index (χ0v) is 16.2. The van der Waals surface area contributed by atoms with Crippen molar-refractivity contribution in [3.05, 3.63) is 61.4 Å². The van der Waals surface area contributed by atoms with Gasteiger partial charge in [-0.2, -0.15) is 0 Å². The highest BCUT2D eigenvalue weighted by molar-refractivity contribution is 8.00. The maximum atomic E-state index is 13.0. The molecule has 1 atom stereocenters. The molecule has 3 aromatic rings. The van der Waals surface area contributed by atoms with E-state index in [2.05, 4.69) is 16.8 Å². The number of carbonyl (C=O) groups is 1. The topological polar surface area (TPSA) is 64.2 Å². The molecule has 1 amide bonds. The highest BCUT2D eigenvalue weighted by Gasteiger charge is 2.25. The Morgan fingerprint density at radius 1 is 1.30 bits per heavy atom. The number of aromatic nitrogens is 3. The second-order valence-electron chi connectivity index (χ2n) is 5.86. The smallest absolute Gasteiger partial charge is 0.240 e. The fourth-order valence-corrected chi connectivity index (χ4v) is 3.68. The van der Waals surface area contributed by atoms with Crippen LogP contribution in [0.3, 0.4) is 0 Å². The number of benzene rings is 1. The maximum absolute atomic E-state index is 13.0. The van der Waals surface area contributed by atoms with E-state index in [9.17, 15) is 4.79 Å². The monoisotopic (exact) mass is 382 g/mol. The SMILES string of the molecule is C=CCn1c(SC(C)C(=O)N(CC)c2ccccc2)nnc1-c1ccco1. The average Bonchev–Trinajstić information content (AvgIpc) is 3.34. The minimum Gasteiger partial charge on any atom is -0.461 e. The first-order chi connectivity index (χ1) is 13.2. The zero-order valence-electron chi connectivity index (χ0n) is 15.4. The first kappa shape index (κ1) is 19.0. The average molecular weight is 382 g/mol. The van der Waals surface area contributed by atoms with Crippen molar-refractivity contribution < 1.29 is 9.21 Å². The third-order valence-corrected chi connectivity index (χ3v) is 5.12. The summed E-state index contributed by atoms with van der Waals surface area (Å²) in [5.74, 6) is 1.29. The summed E-state index contributed by atoms with van der Waals surface area (Å²) in [5.41, 5.74) is 0.890. The molecule has 0 saturated carbocycles. The summed E-state index contributed by atoms with van der Waals surface area (Å²) in [6, 6.07) is 13.3. The van der Waals surface area contributed by atoms with Crippen LogP contribution in [-0.2, 0) is 11.3 Å². The van der Waals surface area contributed by atoms with E-state index in [-0.39, 0.29) is 11.2 Å². The molecule has 3 rings (SSSR count). The predicted molar refractivity (Wildman–Crippen MR) is 108 cm³/mol. The Bertz CT molecular complexity index is 890. The number of thioether (sulfide) groups is 1. The number of anilines is 1. The van der Waals surface area contributed by atoms with Crippen LogP contribution in [0.15, 0.2) is 71.0 Å². The maximum Gasteiger partial charge on any atom is 0.240 e. The van der Waals surface area contributed by atoms with Gasteiger partial charge in [-0.3, -0.25) is 9.36 Å². The van der Waals surface area contributed by atoms with Gasteiger partial charge >= 0.3 is 0 Å². The van der Waals surface area contributed by atoms with Crippen LogP contribution in [0.4, 0.5) is 5.69 Å². The predicted octanol–water partition coefficient (Wildman–Crippen LogP) is 4.26. The summed E-state index contributed by atoms with van der Waals surface area (Å²) < 4.78 is 7.35. The largest absolute Gasteiger partial charge is 0.461 e. The molecular weight excluding hydrogens is 360 g/mol. The van der Waals surface area contributed by atoms with Crippen molar-refractivity contribution in [2.24, 2.45) is 0 Å². The Labute approximate surface area is 162 Å². The highest BCUT2D eigenvalue weighted by Crippen LogP contribution is 2.28. The fourth-order valence-electron chi connectivity index (χ4n) is 2.76. The van der Waals surface area contributed by atoms with E-state index in [1.54, 1.807) is 23.3 Å². The van der Waals surface area contributed by atoms with Crippen molar-refractivity contribution in [2.75, 3.05) is 11.4 Å². The normalized spacial score (nSPS) is 11.9. The summed E-state index contributed by atoms with van der Waals surface area (Å²) in [4.78, 5) is 14.8. The van der Waals surface area contributed by atoms with Crippen LogP contribution in [0.1, 0.15) is 13.8 Å². The van der Waals surface area contributed by atoms with Gasteiger partial charge < -0.3 is 9.32 Å². The van der Waals surface area contributed by atoms with Gasteiger partial charge in [0.1, 0.15) is 0 Å². The molecule has 2 heterocycles. The van der Waals surface area contributed by atoms with Gasteiger partial charge in [-0.25, -0.2) is 0 Å². The second kappa shape index (κ2) is 8.73. The number of allylic oxidation sites excluding steroid dienone is 1. The van der Waals surface area contributed by atoms with Gasteiger partial charge in [0.15, 0.2) is 10.9 Å². The van der Waals surface area contributed by atoms with Gasteiger partial charge in [0.25, 0.3) is 0 Å². The minimum absolute atomic E-state index is 0.0291. The van der Waals surface area contributed by atoms with Crippen LogP contribution >= 0.6 is 11.8 Å². The molecule has 0 aliphatic heterocycles. The first-order valence-electron chi connectivity index (χ1n) is 8.76. The van der Waals surface area contributed by atoms with E-state index >= 15 is 0 Å². The molecule has 0 aliphatic rings. The van der Waals surface area contributed by atoms with E-state index in [0.29, 0.717) is 29.8 Å². The Morgan fingerprint density at radius 3 is 2.70 bits per heavy atom. The molecule has 27 heavy (non-hydrogen) atoms. The Morgan fingerprint density at radius 2 is 2.07 bits per heavy atom. The summed E-state index contributed by atoms with van der Waals surface area (Å²) >= 11 is 1.38. The number of rotatable bonds is 8. The van der Waals surface area contributed by atoms with Crippen molar-refractivity contribution in [1.82, 2.24) is 14.8 Å². The van der Waals surface area contributed by atoms with Crippen LogP contribution in [0.5, 0.6) is 0 Å². The Hall–Kier alpha value is -2.80. The quantitative estimate of drug-likeness (QED) is 0.430. The van der Waals surface area contributed by atoms with Crippen molar-refractivity contribution in [3.63, 3.8) is 0 Å². The molecule has 0 radical (unpaired) electrons. The van der Waals surface area contributed by atoms with Gasteiger partial charge in [-0.15, -0.1) is 16.8 Å². The summed E-state index contributed by atoms with van der Waals surface area (Å²) in [7, 11) is 0. The molecule has 2 aromatic heterocycles. The number of hydrogen-bond donors (Lipinski definition) is 0. The van der Waals surface area contributed by atoms with Gasteiger partial charge in [-0.05, 0) is 38.1 Å². The molecule has 7 heteroatoms. The van der Waals surface area contributed by atoms with Crippen LogP contribution in [-0.4, -0.2) is 32.5 Å². The van der Waals surface area contributed by atoms with E-state index in [1.165, 1.54) is 11.8 Å². The van der Waals surface area contributed by atoms with Crippen molar-refractivity contribution >= 4 is 23.4 Å². The van der Waals surface area contributed by atoms with Crippen LogP contribution < -0.4 is 4.90 Å². The van der Waals surface area contributed by atoms with Crippen LogP contribution in [0.25, 0.3) is 11.6 Å². The van der Waals surface area contributed by atoms with Gasteiger partial charge in [0.2, 0.25) is 11.7 Å². The fraction of sp³-hybridized carbons (Fsp3) is 0.250. The standard InChI is InChI=1S/C20H22N4O2S/c1-4-13-24-18(17-12-9-14-26-17)21-22-20(24)27-15(3)19(25)23(5-2)16-10-7-6-8-11-16/h4,6-12,14-15H,1,5,13H2,2-3H3. The third kappa shape index (κ3) is 4.14. The van der Waals surface area contributed by atoms with E-state index < -0.39 is 0 Å². The Balaban J connectivity index is 1.82. The number of nitrogens with zero attached hydrogens (tertiary/aromatic N) is 4. The molecule has 0 saturated heterocycles. The Kier molecular flexibility index (Phi) is 6.13. The van der Waals surface area contributed by atoms with E-state index in [1.807, 2.05) is 54.8 Å². The molecule has 0 N–H and O–H groups in total. The molecule has 0 aliphatic carbocycles. The first-order valence-corrected chi connectivity index (χ1v) is 9.64. The number of amides is 1. The summed E-state index contributed by atoms with van der Waals surface area (Å²) in [6.07, 6.45) is 3.37. The second-order valence-corrected chi connectivity index (χ2v) is 7.17. The van der Waals surface area contributed by atoms with Crippen molar-refractivity contribution in [2.45, 2.75) is 30.8 Å². The van der Waals surface area contributed by atoms with Crippen LogP contribution in [0, 0.1) is 0 Å². The number of para-hydroxylation sites is 1. The molecule has 1 unspecified atom stereocenters. The van der Waals surface area contributed by atoms with Gasteiger partial charge in [0.05, 0.1) is 11.5 Å². The number of hydrogen-bond acceptors (Lipinski definition) is 5. The number of carbonyl (C=O) groups excluding carboxylic acids is 1. The molecule has 1 aromatic carbocycles. The molecular formula is C20H22N4O2S. The third-order valence-electron chi connectivity index (χ3n) is 4.05. The highest BCUT2D eigenvalue weighted by atomic mass is 32.2. The van der Waals surface area contributed by atoms with Gasteiger partial charge in [0, 0.05) is 18.8 Å². The number of furan rings is 1. The van der Waals surface area contributed by atoms with Crippen molar-refractivity contribution in [3.8, 4) is 11.6 Å². The lowest BCUT2D eigenvalue weighted by Crippen LogP contribution is -2.36. The van der Waals surface area contributed by atoms with E-state index in [0.717, 1.165) is 5.69 Å². The van der Waals surface area contributed by atoms with E-state index in [4.69, 9.17) is 4.42 Å². The molecule has 0 spiro atoms. The lowest BCUT2D eigenvalue weighted by Gasteiger charge is -2.24. The minimum atomic E-state index is -0.317. The zero-order chi connectivity index (χ0) is 19.2. The summed E-state index contributed by atoms with van der Waals surface area (Å²) in [5, 5.41) is 8.85. The van der Waals surface area contributed by atoms with Crippen molar-refractivity contribution in [1.29, 1.82) is 0 Å². The lowest BCUT2D eigenvalue weighted by molar-refractivity contribution is -0.117. The lowest BCUT2D eigenvalue weighted by atomic mass is 10.2. The molecule has 0 bridgehead atoms. The molecule has 0 fully saturated rings. The van der Waals surface area contributed by atoms with Crippen LogP contribution in [0.2, 0.25) is 0 Å². The molecule has 140 valence electrons. The van der Waals surface area contributed by atoms with Gasteiger partial charge in [-0.1, -0.05) is 36.0 Å². The summed E-state index contributed by atoms with van der Waals surface area (Å²) in [6.45, 7) is 8.79. The molecule has 6 nitrogen and oxygen atoms in total.